The van der Waals surface area contributed by atoms with Crippen molar-refractivity contribution < 1.29 is 0 Å². The molecule has 0 amide bonds. The van der Waals surface area contributed by atoms with Crippen LogP contribution in [0, 0.1) is 18.8 Å². The number of anilines is 2. The summed E-state index contributed by atoms with van der Waals surface area (Å²) < 4.78 is 0. The Balaban J connectivity index is 1.31. The second-order valence-corrected chi connectivity index (χ2v) is 7.71. The summed E-state index contributed by atoms with van der Waals surface area (Å²) in [5.41, 5.74) is 0. The molecule has 26 heavy (non-hydrogen) atoms. The number of aryl methyl sites for hydroxylation is 1. The van der Waals surface area contributed by atoms with Gasteiger partial charge in [-0.25, -0.2) is 15.0 Å². The molecule has 2 aliphatic heterocycles. The van der Waals surface area contributed by atoms with Crippen molar-refractivity contribution in [2.24, 2.45) is 11.8 Å². The molecule has 2 fully saturated rings. The Morgan fingerprint density at radius 3 is 2.15 bits per heavy atom. The lowest BCUT2D eigenvalue weighted by Crippen LogP contribution is -2.41. The molecule has 0 aromatic carbocycles. The van der Waals surface area contributed by atoms with Gasteiger partial charge < -0.3 is 9.80 Å². The number of rotatable bonds is 3. The molecule has 7 heteroatoms. The van der Waals surface area contributed by atoms with Crippen molar-refractivity contribution in [3.63, 3.8) is 0 Å². The smallest absolute Gasteiger partial charge is 0.151 e. The van der Waals surface area contributed by atoms with Crippen LogP contribution in [0.3, 0.4) is 0 Å². The van der Waals surface area contributed by atoms with Crippen LogP contribution in [-0.2, 0) is 0 Å². The topological polar surface area (TPSA) is 58.0 Å². The minimum Gasteiger partial charge on any atom is -0.355 e. The molecule has 2 aliphatic rings. The van der Waals surface area contributed by atoms with Gasteiger partial charge in [-0.3, -0.25) is 4.98 Å². The molecule has 4 heterocycles. The first-order valence-electron chi connectivity index (χ1n) is 9.46. The zero-order chi connectivity index (χ0) is 17.9. The summed E-state index contributed by atoms with van der Waals surface area (Å²) in [5, 5.41) is 0.659. The average molecular weight is 373 g/mol. The molecule has 6 nitrogen and oxygen atoms in total. The quantitative estimate of drug-likeness (QED) is 0.823. The Morgan fingerprint density at radius 1 is 0.885 bits per heavy atom. The molecule has 2 aromatic rings. The molecule has 2 aromatic heterocycles. The summed E-state index contributed by atoms with van der Waals surface area (Å²) in [6, 6.07) is 0. The molecule has 0 N–H and O–H groups in total. The molecular formula is C19H25ClN6. The fourth-order valence-corrected chi connectivity index (χ4v) is 4.51. The van der Waals surface area contributed by atoms with Crippen molar-refractivity contribution in [2.45, 2.75) is 32.6 Å². The van der Waals surface area contributed by atoms with E-state index in [9.17, 15) is 0 Å². The van der Waals surface area contributed by atoms with Crippen molar-refractivity contribution >= 4 is 23.2 Å². The van der Waals surface area contributed by atoms with Crippen LogP contribution in [0.5, 0.6) is 0 Å². The van der Waals surface area contributed by atoms with Gasteiger partial charge in [-0.15, -0.1) is 0 Å². The van der Waals surface area contributed by atoms with Gasteiger partial charge in [0.1, 0.15) is 16.7 Å². The van der Waals surface area contributed by atoms with Crippen LogP contribution in [0.25, 0.3) is 0 Å². The van der Waals surface area contributed by atoms with E-state index in [4.69, 9.17) is 11.6 Å². The second kappa shape index (κ2) is 7.74. The van der Waals surface area contributed by atoms with Gasteiger partial charge in [-0.2, -0.15) is 0 Å². The number of nitrogens with zero attached hydrogens (tertiary/aromatic N) is 6. The summed E-state index contributed by atoms with van der Waals surface area (Å²) in [6.45, 7) is 6.15. The first kappa shape index (κ1) is 17.5. The highest BCUT2D eigenvalue weighted by Crippen LogP contribution is 2.35. The molecule has 4 rings (SSSR count). The molecule has 0 spiro atoms. The van der Waals surface area contributed by atoms with E-state index in [1.165, 1.54) is 25.7 Å². The molecule has 2 saturated heterocycles. The number of hydrogen-bond acceptors (Lipinski definition) is 6. The molecular weight excluding hydrogens is 348 g/mol. The van der Waals surface area contributed by atoms with E-state index < -0.39 is 0 Å². The summed E-state index contributed by atoms with van der Waals surface area (Å²) in [7, 11) is 0. The van der Waals surface area contributed by atoms with Crippen molar-refractivity contribution in [3.05, 3.63) is 35.6 Å². The third-order valence-corrected chi connectivity index (χ3v) is 6.03. The maximum absolute atomic E-state index is 6.31. The van der Waals surface area contributed by atoms with Gasteiger partial charge in [0.05, 0.1) is 12.4 Å². The number of halogens is 1. The first-order valence-corrected chi connectivity index (χ1v) is 9.83. The standard InChI is InChI=1S/C19H25ClN6/c1-14-23-12-17(20)19(24-14)26-10-4-16(5-11-26)15-2-8-25(9-3-15)18-13-21-6-7-22-18/h6-7,12-13,15-16H,2-5,8-11H2,1H3. The Hall–Kier alpha value is -1.95. The van der Waals surface area contributed by atoms with Crippen LogP contribution >= 0.6 is 11.6 Å². The van der Waals surface area contributed by atoms with Gasteiger partial charge >= 0.3 is 0 Å². The fraction of sp³-hybridized carbons (Fsp3) is 0.579. The van der Waals surface area contributed by atoms with Crippen LogP contribution in [0.1, 0.15) is 31.5 Å². The fourth-order valence-electron chi connectivity index (χ4n) is 4.30. The summed E-state index contributed by atoms with van der Waals surface area (Å²) in [4.78, 5) is 22.0. The lowest BCUT2D eigenvalue weighted by molar-refractivity contribution is 0.232. The Kier molecular flexibility index (Phi) is 5.20. The number of piperidine rings is 2. The summed E-state index contributed by atoms with van der Waals surface area (Å²) in [6.07, 6.45) is 12.0. The predicted molar refractivity (Wildman–Crippen MR) is 104 cm³/mol. The van der Waals surface area contributed by atoms with Crippen LogP contribution < -0.4 is 9.80 Å². The normalized spacial score (nSPS) is 19.8. The zero-order valence-corrected chi connectivity index (χ0v) is 15.9. The van der Waals surface area contributed by atoms with E-state index in [-0.39, 0.29) is 0 Å². The van der Waals surface area contributed by atoms with Crippen molar-refractivity contribution in [3.8, 4) is 0 Å². The molecule has 0 saturated carbocycles. The molecule has 0 radical (unpaired) electrons. The Labute approximate surface area is 159 Å². The minimum atomic E-state index is 0.659. The van der Waals surface area contributed by atoms with E-state index in [0.717, 1.165) is 55.5 Å². The van der Waals surface area contributed by atoms with Crippen molar-refractivity contribution in [2.75, 3.05) is 36.0 Å². The third-order valence-electron chi connectivity index (χ3n) is 5.77. The predicted octanol–water partition coefficient (Wildman–Crippen LogP) is 3.36. The van der Waals surface area contributed by atoms with E-state index in [0.29, 0.717) is 5.02 Å². The molecule has 0 aliphatic carbocycles. The molecule has 138 valence electrons. The highest BCUT2D eigenvalue weighted by molar-refractivity contribution is 6.32. The van der Waals surface area contributed by atoms with Gasteiger partial charge in [-0.05, 0) is 44.4 Å². The first-order chi connectivity index (χ1) is 12.7. The summed E-state index contributed by atoms with van der Waals surface area (Å²) in [5.74, 6) is 4.30. The van der Waals surface area contributed by atoms with Crippen LogP contribution in [0.4, 0.5) is 11.6 Å². The van der Waals surface area contributed by atoms with Crippen molar-refractivity contribution in [1.82, 2.24) is 19.9 Å². The number of aromatic nitrogens is 4. The largest absolute Gasteiger partial charge is 0.355 e. The monoisotopic (exact) mass is 372 g/mol. The second-order valence-electron chi connectivity index (χ2n) is 7.30. The Morgan fingerprint density at radius 2 is 1.54 bits per heavy atom. The summed E-state index contributed by atoms with van der Waals surface area (Å²) >= 11 is 6.31. The van der Waals surface area contributed by atoms with Crippen LogP contribution in [-0.4, -0.2) is 46.1 Å². The zero-order valence-electron chi connectivity index (χ0n) is 15.2. The lowest BCUT2D eigenvalue weighted by Gasteiger charge is -2.40. The van der Waals surface area contributed by atoms with E-state index in [1.807, 2.05) is 13.1 Å². The molecule has 0 bridgehead atoms. The van der Waals surface area contributed by atoms with Gasteiger partial charge in [0.15, 0.2) is 5.82 Å². The lowest BCUT2D eigenvalue weighted by atomic mass is 9.79. The number of hydrogen-bond donors (Lipinski definition) is 0. The highest BCUT2D eigenvalue weighted by atomic mass is 35.5. The SMILES string of the molecule is Cc1ncc(Cl)c(N2CCC(C3CCN(c4cnccn4)CC3)CC2)n1. The van der Waals surface area contributed by atoms with Crippen LogP contribution in [0.2, 0.25) is 5.02 Å². The average Bonchev–Trinajstić information content (AvgIpc) is 2.71. The highest BCUT2D eigenvalue weighted by Gasteiger charge is 2.30. The maximum atomic E-state index is 6.31. The van der Waals surface area contributed by atoms with Gasteiger partial charge in [0.2, 0.25) is 0 Å². The van der Waals surface area contributed by atoms with Crippen molar-refractivity contribution in [1.29, 1.82) is 0 Å². The van der Waals surface area contributed by atoms with Gasteiger partial charge in [-0.1, -0.05) is 11.6 Å². The maximum Gasteiger partial charge on any atom is 0.151 e. The molecule has 0 unspecified atom stereocenters. The Bertz CT molecular complexity index is 724. The van der Waals surface area contributed by atoms with Gasteiger partial charge in [0.25, 0.3) is 0 Å². The van der Waals surface area contributed by atoms with E-state index in [1.54, 1.807) is 18.6 Å². The van der Waals surface area contributed by atoms with E-state index >= 15 is 0 Å². The van der Waals surface area contributed by atoms with Gasteiger partial charge in [0, 0.05) is 38.6 Å². The third kappa shape index (κ3) is 3.75. The minimum absolute atomic E-state index is 0.659. The van der Waals surface area contributed by atoms with E-state index in [2.05, 4.69) is 29.7 Å². The van der Waals surface area contributed by atoms with Crippen LogP contribution in [0.15, 0.2) is 24.8 Å². The molecule has 0 atom stereocenters.